The first-order valence-electron chi connectivity index (χ1n) is 21.4. The fourth-order valence-corrected chi connectivity index (χ4v) is 9.17. The number of phenolic OH excluding ortho intramolecular Hbond substituents is 1. The third-order valence-corrected chi connectivity index (χ3v) is 13.0. The quantitative estimate of drug-likeness (QED) is 0.0534. The minimum absolute atomic E-state index is 0.0245. The van der Waals surface area contributed by atoms with Crippen molar-refractivity contribution in [3.05, 3.63) is 194 Å². The zero-order valence-electron chi connectivity index (χ0n) is 35.3. The van der Waals surface area contributed by atoms with E-state index in [9.17, 15) is 29.7 Å². The topological polar surface area (TPSA) is 164 Å². The van der Waals surface area contributed by atoms with Crippen LogP contribution >= 0.6 is 11.3 Å². The number of phenols is 1. The number of H-pyrrole nitrogens is 1. The van der Waals surface area contributed by atoms with Crippen LogP contribution in [0.25, 0.3) is 21.3 Å². The van der Waals surface area contributed by atoms with E-state index in [-0.39, 0.29) is 49.0 Å². The van der Waals surface area contributed by atoms with E-state index in [1.807, 2.05) is 36.4 Å². The number of amides is 1. The van der Waals surface area contributed by atoms with Gasteiger partial charge in [-0.1, -0.05) is 84.9 Å². The zero-order chi connectivity index (χ0) is 45.5. The van der Waals surface area contributed by atoms with Crippen molar-refractivity contribution >= 4 is 34.1 Å². The van der Waals surface area contributed by atoms with Gasteiger partial charge in [0.05, 0.1) is 30.3 Å². The zero-order valence-corrected chi connectivity index (χ0v) is 36.1. The number of aromatic nitrogens is 1. The molecule has 6 N–H and O–H groups in total. The molecular formula is C51H48F2N4O7S. The predicted molar refractivity (Wildman–Crippen MR) is 245 cm³/mol. The summed E-state index contributed by atoms with van der Waals surface area (Å²) in [4.78, 5) is 45.3. The molecule has 1 amide bonds. The molecule has 1 aliphatic rings. The Morgan fingerprint density at radius 2 is 1.58 bits per heavy atom. The fraction of sp³-hybridized carbons (Fsp3) is 0.235. The number of nitrogens with zero attached hydrogens (tertiary/aromatic N) is 1. The van der Waals surface area contributed by atoms with E-state index in [0.717, 1.165) is 59.9 Å². The molecule has 1 fully saturated rings. The van der Waals surface area contributed by atoms with Crippen molar-refractivity contribution in [3.8, 4) is 16.2 Å². The highest BCUT2D eigenvalue weighted by atomic mass is 32.1. The number of likely N-dealkylation sites (tertiary alicyclic amines) is 1. The van der Waals surface area contributed by atoms with E-state index in [4.69, 9.17) is 4.74 Å². The lowest BCUT2D eigenvalue weighted by molar-refractivity contribution is -0.164. The van der Waals surface area contributed by atoms with Gasteiger partial charge in [-0.25, -0.2) is 13.6 Å². The maximum absolute atomic E-state index is 15.3. The lowest BCUT2D eigenvalue weighted by Crippen LogP contribution is -2.40. The highest BCUT2D eigenvalue weighted by molar-refractivity contribution is 7.15. The molecule has 3 heterocycles. The van der Waals surface area contributed by atoms with Gasteiger partial charge in [0.15, 0.2) is 0 Å². The summed E-state index contributed by atoms with van der Waals surface area (Å²) in [6, 6.07) is 37.1. The van der Waals surface area contributed by atoms with E-state index >= 15 is 8.78 Å². The summed E-state index contributed by atoms with van der Waals surface area (Å²) in [5.74, 6) is -3.29. The first kappa shape index (κ1) is 45.0. The van der Waals surface area contributed by atoms with Crippen LogP contribution in [0.3, 0.4) is 0 Å². The molecule has 0 radical (unpaired) electrons. The first-order chi connectivity index (χ1) is 31.5. The molecule has 0 saturated carbocycles. The van der Waals surface area contributed by atoms with Crippen molar-refractivity contribution < 1.29 is 38.4 Å². The highest BCUT2D eigenvalue weighted by Crippen LogP contribution is 2.36. The van der Waals surface area contributed by atoms with Crippen molar-refractivity contribution in [3.63, 3.8) is 0 Å². The minimum Gasteiger partial charge on any atom is -0.506 e. The number of esters is 1. The molecule has 14 heteroatoms. The van der Waals surface area contributed by atoms with Crippen LogP contribution in [0.4, 0.5) is 8.78 Å². The van der Waals surface area contributed by atoms with Gasteiger partial charge >= 0.3 is 5.97 Å². The van der Waals surface area contributed by atoms with Gasteiger partial charge < -0.3 is 35.7 Å². The third-order valence-electron chi connectivity index (χ3n) is 11.8. The maximum Gasteiger partial charge on any atom is 0.347 e. The van der Waals surface area contributed by atoms with Crippen LogP contribution in [0.15, 0.2) is 138 Å². The number of benzene rings is 5. The van der Waals surface area contributed by atoms with Crippen LogP contribution in [0, 0.1) is 17.6 Å². The van der Waals surface area contributed by atoms with E-state index < -0.39 is 46.3 Å². The number of thiophene rings is 1. The Morgan fingerprint density at radius 1 is 0.846 bits per heavy atom. The number of fused-ring (bicyclic) bond motifs is 1. The Bertz CT molecular complexity index is 2850. The Kier molecular flexibility index (Phi) is 13.9. The van der Waals surface area contributed by atoms with Crippen LogP contribution in [-0.4, -0.2) is 63.3 Å². The summed E-state index contributed by atoms with van der Waals surface area (Å²) in [6.07, 6.45) is 0.636. The Hall–Kier alpha value is -6.55. The molecule has 2 aromatic heterocycles. The van der Waals surface area contributed by atoms with Crippen molar-refractivity contribution in [2.75, 3.05) is 26.2 Å². The number of hydrogen-bond acceptors (Lipinski definition) is 10. The summed E-state index contributed by atoms with van der Waals surface area (Å²) < 4.78 is 36.4. The molecule has 2 atom stereocenters. The average Bonchev–Trinajstić information content (AvgIpc) is 3.81. The smallest absolute Gasteiger partial charge is 0.347 e. The number of rotatable bonds is 16. The normalized spacial score (nSPS) is 14.8. The molecular weight excluding hydrogens is 851 g/mol. The first-order valence-corrected chi connectivity index (χ1v) is 22.2. The molecule has 0 unspecified atom stereocenters. The van der Waals surface area contributed by atoms with Crippen LogP contribution in [0.2, 0.25) is 0 Å². The molecule has 5 aromatic carbocycles. The van der Waals surface area contributed by atoms with Crippen molar-refractivity contribution in [2.24, 2.45) is 5.92 Å². The molecule has 11 nitrogen and oxygen atoms in total. The highest BCUT2D eigenvalue weighted by Gasteiger charge is 2.42. The second-order valence-electron chi connectivity index (χ2n) is 16.3. The molecule has 0 aliphatic carbocycles. The van der Waals surface area contributed by atoms with E-state index in [1.165, 1.54) is 41.2 Å². The van der Waals surface area contributed by atoms with Gasteiger partial charge in [0.2, 0.25) is 11.2 Å². The molecule has 334 valence electrons. The molecule has 1 saturated heterocycles. The largest absolute Gasteiger partial charge is 0.506 e. The summed E-state index contributed by atoms with van der Waals surface area (Å²) in [6.45, 7) is 2.65. The number of aliphatic hydroxyl groups is 2. The maximum atomic E-state index is 15.3. The van der Waals surface area contributed by atoms with E-state index in [2.05, 4.69) is 32.7 Å². The number of carbonyl (C=O) groups is 2. The number of ether oxygens (including phenoxy) is 1. The number of halogens is 2. The van der Waals surface area contributed by atoms with Gasteiger partial charge in [-0.3, -0.25) is 14.5 Å². The van der Waals surface area contributed by atoms with E-state index in [0.29, 0.717) is 22.1 Å². The number of piperidine rings is 1. The number of nitrogens with one attached hydrogen (secondary N) is 3. The van der Waals surface area contributed by atoms with Crippen LogP contribution < -0.4 is 16.2 Å². The number of aliphatic hydroxyl groups excluding tert-OH is 1. The van der Waals surface area contributed by atoms with Crippen molar-refractivity contribution in [1.29, 1.82) is 0 Å². The van der Waals surface area contributed by atoms with Gasteiger partial charge in [-0.05, 0) is 96.6 Å². The lowest BCUT2D eigenvalue weighted by Gasteiger charge is -2.33. The fourth-order valence-electron chi connectivity index (χ4n) is 8.22. The molecule has 0 spiro atoms. The third kappa shape index (κ3) is 10.4. The van der Waals surface area contributed by atoms with E-state index in [1.54, 1.807) is 48.5 Å². The standard InChI is InChI=1S/C51H48F2N4O7S/c52-42-26-41(43(53)25-35(42)27-54-29-45(59)39-15-17-44(58)48-40(39)16-19-47(60)56-48)49(61)55-28-38-14-18-46(65-38)34-10-7-13-37(24-34)51(63,36-11-5-2-6-12-36)50(62)64-31-33-20-22-57(23-21-33)30-32-8-3-1-4-9-32/h1-19,24-26,33,45,54,58-59,63H,20-23,27-31H2,(H,55,61)(H,56,60)/t45-,51-/m0/s1. The van der Waals surface area contributed by atoms with Gasteiger partial charge in [0.25, 0.3) is 5.91 Å². The summed E-state index contributed by atoms with van der Waals surface area (Å²) in [7, 11) is 0. The van der Waals surface area contributed by atoms with Crippen LogP contribution in [-0.2, 0) is 34.8 Å². The molecule has 0 bridgehead atoms. The van der Waals surface area contributed by atoms with Gasteiger partial charge in [-0.15, -0.1) is 11.3 Å². The Balaban J connectivity index is 0.874. The van der Waals surface area contributed by atoms with Crippen molar-refractivity contribution in [1.82, 2.24) is 20.5 Å². The number of carbonyl (C=O) groups excluding carboxylic acids is 2. The molecule has 65 heavy (non-hydrogen) atoms. The summed E-state index contributed by atoms with van der Waals surface area (Å²) in [5.41, 5.74) is 0.248. The average molecular weight is 899 g/mol. The number of pyridine rings is 1. The lowest BCUT2D eigenvalue weighted by atomic mass is 9.85. The second-order valence-corrected chi connectivity index (χ2v) is 17.4. The SMILES string of the molecule is O=C(NCc1ccc(-c2cccc([C@](O)(C(=O)OCC3CCN(Cc4ccccc4)CC3)c3ccccc3)c2)s1)c1cc(F)c(CNC[C@H](O)c2ccc(O)c3[nH]c(=O)ccc23)cc1F. The molecule has 8 rings (SSSR count). The van der Waals surface area contributed by atoms with Gasteiger partial charge in [0, 0.05) is 52.0 Å². The number of aromatic hydroxyl groups is 1. The minimum atomic E-state index is -2.09. The van der Waals surface area contributed by atoms with Crippen LogP contribution in [0.5, 0.6) is 5.75 Å². The van der Waals surface area contributed by atoms with Crippen LogP contribution in [0.1, 0.15) is 62.0 Å². The van der Waals surface area contributed by atoms with Crippen molar-refractivity contribution in [2.45, 2.75) is 44.2 Å². The Morgan fingerprint density at radius 3 is 2.35 bits per heavy atom. The molecule has 1 aliphatic heterocycles. The van der Waals surface area contributed by atoms with Gasteiger partial charge in [0.1, 0.15) is 17.4 Å². The van der Waals surface area contributed by atoms with Gasteiger partial charge in [-0.2, -0.15) is 0 Å². The summed E-state index contributed by atoms with van der Waals surface area (Å²) in [5, 5.41) is 39.2. The number of hydrogen-bond donors (Lipinski definition) is 6. The summed E-state index contributed by atoms with van der Waals surface area (Å²) >= 11 is 1.36. The predicted octanol–water partition coefficient (Wildman–Crippen LogP) is 7.68. The monoisotopic (exact) mass is 898 g/mol. The number of aromatic amines is 1. The Labute approximate surface area is 378 Å². The second kappa shape index (κ2) is 20.1. The molecule has 7 aromatic rings.